The van der Waals surface area contributed by atoms with Gasteiger partial charge in [0.25, 0.3) is 5.91 Å². The third-order valence-electron chi connectivity index (χ3n) is 9.14. The van der Waals surface area contributed by atoms with Gasteiger partial charge in [-0.15, -0.1) is 0 Å². The Balaban J connectivity index is 1.17. The van der Waals surface area contributed by atoms with Crippen LogP contribution in [0.2, 0.25) is 0 Å². The number of amides is 1. The molecule has 13 nitrogen and oxygen atoms in total. The molecule has 3 N–H and O–H groups in total. The Morgan fingerprint density at radius 3 is 2.51 bits per heavy atom. The molecule has 1 unspecified atom stereocenters. The standard InChI is InChI=1S/C31H30N10O3S/c1-39-15-20-11-17(3-8-25(20)38-39)24-7-4-18(14-33-24)23-9-10-40-28(32)27(45(2,43)44)26(36-30(23)40)19-12-21-5-6-22(13-19)41(21)31(42)29-34-16-35-37-29/h3-4,7-11,14-16,19,21-22H,5-6,12-13,32H2,1-2H3,(H,34,35,37)/t19?,21-,22+. The minimum absolute atomic E-state index is 0.0517. The fraction of sp³-hybridized carbons (Fsp3) is 0.290. The number of nitrogens with zero attached hydrogens (tertiary/aromatic N) is 8. The van der Waals surface area contributed by atoms with E-state index in [4.69, 9.17) is 15.7 Å². The number of sulfone groups is 1. The van der Waals surface area contributed by atoms with E-state index in [9.17, 15) is 13.2 Å². The highest BCUT2D eigenvalue weighted by molar-refractivity contribution is 7.91. The molecule has 0 aliphatic carbocycles. The predicted molar refractivity (Wildman–Crippen MR) is 167 cm³/mol. The first-order valence-electron chi connectivity index (χ1n) is 14.7. The largest absolute Gasteiger partial charge is 0.384 e. The molecule has 14 heteroatoms. The van der Waals surface area contributed by atoms with Crippen LogP contribution in [0.3, 0.4) is 0 Å². The number of carbonyl (C=O) groups is 1. The summed E-state index contributed by atoms with van der Waals surface area (Å²) in [7, 11) is -1.82. The zero-order valence-electron chi connectivity index (χ0n) is 24.6. The van der Waals surface area contributed by atoms with Crippen molar-refractivity contribution in [2.24, 2.45) is 7.05 Å². The number of aromatic amines is 1. The molecule has 1 aromatic carbocycles. The fourth-order valence-corrected chi connectivity index (χ4v) is 8.29. The topological polar surface area (TPSA) is 170 Å². The summed E-state index contributed by atoms with van der Waals surface area (Å²) < 4.78 is 29.8. The number of carbonyl (C=O) groups excluding carboxylic acids is 1. The molecule has 0 radical (unpaired) electrons. The lowest BCUT2D eigenvalue weighted by molar-refractivity contribution is 0.0556. The number of aryl methyl sites for hydroxylation is 1. The third kappa shape index (κ3) is 4.46. The molecule has 3 atom stereocenters. The van der Waals surface area contributed by atoms with Crippen LogP contribution in [0.15, 0.2) is 66.2 Å². The van der Waals surface area contributed by atoms with E-state index < -0.39 is 9.84 Å². The molecule has 2 fully saturated rings. The van der Waals surface area contributed by atoms with Crippen molar-refractivity contribution in [1.29, 1.82) is 0 Å². The van der Waals surface area contributed by atoms with Crippen LogP contribution in [-0.4, -0.2) is 76.9 Å². The van der Waals surface area contributed by atoms with Gasteiger partial charge in [-0.25, -0.2) is 18.4 Å². The second-order valence-electron chi connectivity index (χ2n) is 12.0. The number of benzene rings is 1. The molecule has 0 spiro atoms. The van der Waals surface area contributed by atoms with E-state index in [-0.39, 0.29) is 40.4 Å². The molecule has 228 valence electrons. The maximum Gasteiger partial charge on any atom is 0.291 e. The smallest absolute Gasteiger partial charge is 0.291 e. The van der Waals surface area contributed by atoms with Gasteiger partial charge in [-0.3, -0.25) is 24.0 Å². The number of pyridine rings is 1. The summed E-state index contributed by atoms with van der Waals surface area (Å²) in [5, 5.41) is 12.0. The van der Waals surface area contributed by atoms with Crippen LogP contribution >= 0.6 is 0 Å². The monoisotopic (exact) mass is 622 g/mol. The molecular weight excluding hydrogens is 592 g/mol. The minimum atomic E-state index is -3.72. The van der Waals surface area contributed by atoms with Crippen molar-refractivity contribution >= 4 is 38.1 Å². The lowest BCUT2D eigenvalue weighted by atomic mass is 9.87. The molecule has 2 bridgehead atoms. The Kier molecular flexibility index (Phi) is 6.07. The average Bonchev–Trinajstić information content (AvgIpc) is 3.81. The Bertz CT molecular complexity index is 2210. The molecule has 2 aliphatic heterocycles. The highest BCUT2D eigenvalue weighted by Gasteiger charge is 2.46. The number of piperidine rings is 1. The number of fused-ring (bicyclic) bond motifs is 4. The Hall–Kier alpha value is -5.11. The van der Waals surface area contributed by atoms with Crippen molar-refractivity contribution < 1.29 is 13.2 Å². The summed E-state index contributed by atoms with van der Waals surface area (Å²) >= 11 is 0. The molecular formula is C31H30N10O3S. The average molecular weight is 623 g/mol. The molecule has 7 heterocycles. The number of H-pyrrole nitrogens is 1. The molecule has 2 aliphatic rings. The van der Waals surface area contributed by atoms with Crippen LogP contribution in [0.4, 0.5) is 5.82 Å². The number of anilines is 1. The summed E-state index contributed by atoms with van der Waals surface area (Å²) in [6.45, 7) is 0. The van der Waals surface area contributed by atoms with Gasteiger partial charge in [0.15, 0.2) is 9.84 Å². The van der Waals surface area contributed by atoms with Crippen LogP contribution in [-0.2, 0) is 16.9 Å². The van der Waals surface area contributed by atoms with E-state index >= 15 is 0 Å². The summed E-state index contributed by atoms with van der Waals surface area (Å²) in [4.78, 5) is 29.0. The van der Waals surface area contributed by atoms with Crippen molar-refractivity contribution in [3.05, 3.63) is 72.8 Å². The Labute approximate surface area is 258 Å². The summed E-state index contributed by atoms with van der Waals surface area (Å²) in [6, 6.07) is 11.8. The highest BCUT2D eigenvalue weighted by atomic mass is 32.2. The van der Waals surface area contributed by atoms with E-state index in [1.165, 1.54) is 12.6 Å². The molecule has 45 heavy (non-hydrogen) atoms. The maximum absolute atomic E-state index is 13.2. The first kappa shape index (κ1) is 27.4. The second-order valence-corrected chi connectivity index (χ2v) is 14.0. The second kappa shape index (κ2) is 9.95. The van der Waals surface area contributed by atoms with Crippen LogP contribution in [0.1, 0.15) is 47.9 Å². The van der Waals surface area contributed by atoms with E-state index in [1.807, 2.05) is 48.5 Å². The van der Waals surface area contributed by atoms with Crippen molar-refractivity contribution in [2.45, 2.75) is 48.6 Å². The lowest BCUT2D eigenvalue weighted by Crippen LogP contribution is -2.46. The van der Waals surface area contributed by atoms with Crippen LogP contribution in [0.5, 0.6) is 0 Å². The minimum Gasteiger partial charge on any atom is -0.384 e. The SMILES string of the molecule is Cn1cc2cc(-c3ccc(-c4ccn5c(N)c(S(C)(=O)=O)c(C6C[C@H]7CC[C@@H](C6)N7C(=O)c6ncn[nH]6)nc45)cn3)ccc2n1. The van der Waals surface area contributed by atoms with E-state index in [0.717, 1.165) is 46.1 Å². The normalized spacial score (nSPS) is 20.0. The first-order chi connectivity index (χ1) is 21.7. The van der Waals surface area contributed by atoms with Gasteiger partial charge >= 0.3 is 0 Å². The van der Waals surface area contributed by atoms with Gasteiger partial charge in [-0.1, -0.05) is 12.1 Å². The van der Waals surface area contributed by atoms with Gasteiger partial charge in [0, 0.05) is 72.0 Å². The van der Waals surface area contributed by atoms with Crippen molar-refractivity contribution in [3.8, 4) is 22.4 Å². The maximum atomic E-state index is 13.2. The third-order valence-corrected chi connectivity index (χ3v) is 10.3. The predicted octanol–water partition coefficient (Wildman–Crippen LogP) is 3.60. The number of rotatable bonds is 5. The van der Waals surface area contributed by atoms with E-state index in [0.29, 0.717) is 24.2 Å². The number of nitrogen functional groups attached to an aromatic ring is 1. The van der Waals surface area contributed by atoms with Gasteiger partial charge in [0.05, 0.1) is 16.9 Å². The zero-order chi connectivity index (χ0) is 31.0. The lowest BCUT2D eigenvalue weighted by Gasteiger charge is -2.38. The molecule has 5 aromatic heterocycles. The van der Waals surface area contributed by atoms with Gasteiger partial charge in [0.1, 0.15) is 22.7 Å². The number of aromatic nitrogens is 8. The number of nitrogens with one attached hydrogen (secondary N) is 1. The van der Waals surface area contributed by atoms with Crippen LogP contribution in [0, 0.1) is 0 Å². The van der Waals surface area contributed by atoms with Gasteiger partial charge in [-0.05, 0) is 49.9 Å². The quantitative estimate of drug-likeness (QED) is 0.292. The molecule has 1 amide bonds. The van der Waals surface area contributed by atoms with Gasteiger partial charge in [-0.2, -0.15) is 10.2 Å². The fourth-order valence-electron chi connectivity index (χ4n) is 7.21. The molecule has 2 saturated heterocycles. The number of hydrogen-bond acceptors (Lipinski definition) is 9. The number of nitrogens with two attached hydrogens (primary N) is 1. The first-order valence-corrected chi connectivity index (χ1v) is 16.6. The van der Waals surface area contributed by atoms with Crippen LogP contribution < -0.4 is 5.73 Å². The Morgan fingerprint density at radius 2 is 1.82 bits per heavy atom. The summed E-state index contributed by atoms with van der Waals surface area (Å²) in [5.41, 5.74) is 12.0. The summed E-state index contributed by atoms with van der Waals surface area (Å²) in [6.07, 6.45) is 10.8. The van der Waals surface area contributed by atoms with Crippen LogP contribution in [0.25, 0.3) is 38.9 Å². The highest BCUT2D eigenvalue weighted by Crippen LogP contribution is 2.46. The van der Waals surface area contributed by atoms with E-state index in [1.54, 1.807) is 21.5 Å². The number of hydrogen-bond donors (Lipinski definition) is 2. The molecule has 0 saturated carbocycles. The molecule has 8 rings (SSSR count). The van der Waals surface area contributed by atoms with Gasteiger partial charge in [0.2, 0.25) is 5.82 Å². The zero-order valence-corrected chi connectivity index (χ0v) is 25.4. The van der Waals surface area contributed by atoms with E-state index in [2.05, 4.69) is 26.3 Å². The van der Waals surface area contributed by atoms with Gasteiger partial charge < -0.3 is 10.6 Å². The van der Waals surface area contributed by atoms with Crippen molar-refractivity contribution in [2.75, 3.05) is 12.0 Å². The molecule has 6 aromatic rings. The van der Waals surface area contributed by atoms with Crippen molar-refractivity contribution in [3.63, 3.8) is 0 Å². The summed E-state index contributed by atoms with van der Waals surface area (Å²) in [5.74, 6) is -0.0366. The van der Waals surface area contributed by atoms with Crippen molar-refractivity contribution in [1.82, 2.24) is 44.2 Å². The Morgan fingerprint density at radius 1 is 1.04 bits per heavy atom.